The van der Waals surface area contributed by atoms with Crippen LogP contribution >= 0.6 is 0 Å². The Morgan fingerprint density at radius 3 is 2.60 bits per heavy atom. The van der Waals surface area contributed by atoms with Gasteiger partial charge in [0.1, 0.15) is 5.82 Å². The SMILES string of the molecule is CC(C)NC(=O)c1cc(NC(=O)C2CCCC2)n(C)n1. The van der Waals surface area contributed by atoms with Crippen molar-refractivity contribution in [2.75, 3.05) is 5.32 Å². The lowest BCUT2D eigenvalue weighted by molar-refractivity contribution is -0.119. The van der Waals surface area contributed by atoms with Gasteiger partial charge < -0.3 is 10.6 Å². The van der Waals surface area contributed by atoms with Crippen LogP contribution in [0.15, 0.2) is 6.07 Å². The van der Waals surface area contributed by atoms with Gasteiger partial charge in [0.25, 0.3) is 5.91 Å². The van der Waals surface area contributed by atoms with E-state index in [-0.39, 0.29) is 23.8 Å². The Bertz CT molecular complexity index is 501. The predicted octanol–water partition coefficient (Wildman–Crippen LogP) is 1.69. The number of nitrogens with zero attached hydrogens (tertiary/aromatic N) is 2. The van der Waals surface area contributed by atoms with E-state index in [1.54, 1.807) is 13.1 Å². The molecule has 1 aliphatic rings. The van der Waals surface area contributed by atoms with E-state index in [9.17, 15) is 9.59 Å². The van der Waals surface area contributed by atoms with Crippen LogP contribution in [-0.2, 0) is 11.8 Å². The first kappa shape index (κ1) is 14.6. The quantitative estimate of drug-likeness (QED) is 0.880. The third kappa shape index (κ3) is 3.37. The molecule has 0 aliphatic heterocycles. The number of aryl methyl sites for hydroxylation is 1. The van der Waals surface area contributed by atoms with Crippen LogP contribution in [0.25, 0.3) is 0 Å². The second-order valence-corrected chi connectivity index (χ2v) is 5.64. The van der Waals surface area contributed by atoms with Gasteiger partial charge in [-0.05, 0) is 26.7 Å². The highest BCUT2D eigenvalue weighted by Crippen LogP contribution is 2.26. The Labute approximate surface area is 118 Å². The topological polar surface area (TPSA) is 76.0 Å². The molecule has 110 valence electrons. The molecule has 1 fully saturated rings. The molecule has 1 aromatic rings. The minimum Gasteiger partial charge on any atom is -0.348 e. The van der Waals surface area contributed by atoms with Crippen molar-refractivity contribution in [3.63, 3.8) is 0 Å². The van der Waals surface area contributed by atoms with E-state index < -0.39 is 0 Å². The third-order valence-electron chi connectivity index (χ3n) is 3.51. The fourth-order valence-electron chi connectivity index (χ4n) is 2.45. The van der Waals surface area contributed by atoms with E-state index in [0.29, 0.717) is 11.5 Å². The highest BCUT2D eigenvalue weighted by atomic mass is 16.2. The van der Waals surface area contributed by atoms with E-state index in [0.717, 1.165) is 25.7 Å². The number of carbonyl (C=O) groups excluding carboxylic acids is 2. The summed E-state index contributed by atoms with van der Waals surface area (Å²) < 4.78 is 1.53. The van der Waals surface area contributed by atoms with E-state index in [4.69, 9.17) is 0 Å². The van der Waals surface area contributed by atoms with Gasteiger partial charge >= 0.3 is 0 Å². The van der Waals surface area contributed by atoms with Crippen molar-refractivity contribution < 1.29 is 9.59 Å². The lowest BCUT2D eigenvalue weighted by atomic mass is 10.1. The second-order valence-electron chi connectivity index (χ2n) is 5.64. The molecule has 1 heterocycles. The third-order valence-corrected chi connectivity index (χ3v) is 3.51. The van der Waals surface area contributed by atoms with E-state index in [2.05, 4.69) is 15.7 Å². The highest BCUT2D eigenvalue weighted by molar-refractivity contribution is 5.96. The Kier molecular flexibility index (Phi) is 4.42. The molecule has 0 spiro atoms. The lowest BCUT2D eigenvalue weighted by Crippen LogP contribution is -2.30. The molecule has 2 rings (SSSR count). The molecule has 0 saturated heterocycles. The monoisotopic (exact) mass is 278 g/mol. The zero-order valence-corrected chi connectivity index (χ0v) is 12.3. The van der Waals surface area contributed by atoms with Gasteiger partial charge in [-0.15, -0.1) is 0 Å². The summed E-state index contributed by atoms with van der Waals surface area (Å²) in [4.78, 5) is 23.9. The molecule has 0 atom stereocenters. The molecule has 20 heavy (non-hydrogen) atoms. The molecule has 1 aromatic heterocycles. The smallest absolute Gasteiger partial charge is 0.272 e. The van der Waals surface area contributed by atoms with Crippen molar-refractivity contribution in [3.8, 4) is 0 Å². The van der Waals surface area contributed by atoms with Crippen molar-refractivity contribution >= 4 is 17.6 Å². The summed E-state index contributed by atoms with van der Waals surface area (Å²) in [5.74, 6) is 0.465. The molecule has 2 N–H and O–H groups in total. The zero-order valence-electron chi connectivity index (χ0n) is 12.3. The molecule has 6 nitrogen and oxygen atoms in total. The van der Waals surface area contributed by atoms with Crippen molar-refractivity contribution in [2.24, 2.45) is 13.0 Å². The van der Waals surface area contributed by atoms with Crippen LogP contribution in [-0.4, -0.2) is 27.6 Å². The van der Waals surface area contributed by atoms with Gasteiger partial charge in [-0.2, -0.15) is 5.10 Å². The van der Waals surface area contributed by atoms with E-state index in [1.807, 2.05) is 13.8 Å². The minimum atomic E-state index is -0.225. The number of hydrogen-bond acceptors (Lipinski definition) is 3. The summed E-state index contributed by atoms with van der Waals surface area (Å²) in [5.41, 5.74) is 0.322. The molecule has 1 aliphatic carbocycles. The molecule has 0 radical (unpaired) electrons. The number of rotatable bonds is 4. The zero-order chi connectivity index (χ0) is 14.7. The summed E-state index contributed by atoms with van der Waals surface area (Å²) >= 11 is 0. The summed E-state index contributed by atoms with van der Waals surface area (Å²) in [6.45, 7) is 3.78. The first-order valence-electron chi connectivity index (χ1n) is 7.13. The summed E-state index contributed by atoms with van der Waals surface area (Å²) in [5, 5.41) is 9.78. The number of aromatic nitrogens is 2. The average Bonchev–Trinajstić information content (AvgIpc) is 2.99. The maximum Gasteiger partial charge on any atom is 0.272 e. The number of amides is 2. The van der Waals surface area contributed by atoms with Gasteiger partial charge in [0.15, 0.2) is 5.69 Å². The van der Waals surface area contributed by atoms with Crippen LogP contribution in [0, 0.1) is 5.92 Å². The van der Waals surface area contributed by atoms with Crippen LogP contribution < -0.4 is 10.6 Å². The standard InChI is InChI=1S/C14H22N4O2/c1-9(2)15-14(20)11-8-12(18(3)17-11)16-13(19)10-6-4-5-7-10/h8-10H,4-7H2,1-3H3,(H,15,20)(H,16,19). The molecule has 6 heteroatoms. The van der Waals surface area contributed by atoms with Gasteiger partial charge in [0.2, 0.25) is 5.91 Å². The predicted molar refractivity (Wildman–Crippen MR) is 76.4 cm³/mol. The van der Waals surface area contributed by atoms with Crippen LogP contribution in [0.5, 0.6) is 0 Å². The second kappa shape index (κ2) is 6.07. The highest BCUT2D eigenvalue weighted by Gasteiger charge is 2.24. The van der Waals surface area contributed by atoms with Gasteiger partial charge in [-0.3, -0.25) is 14.3 Å². The van der Waals surface area contributed by atoms with Crippen LogP contribution in [0.2, 0.25) is 0 Å². The van der Waals surface area contributed by atoms with Crippen LogP contribution in [0.1, 0.15) is 50.0 Å². The van der Waals surface area contributed by atoms with Gasteiger partial charge in [-0.25, -0.2) is 0 Å². The van der Waals surface area contributed by atoms with E-state index in [1.165, 1.54) is 4.68 Å². The molecule has 0 bridgehead atoms. The van der Waals surface area contributed by atoms with Crippen LogP contribution in [0.4, 0.5) is 5.82 Å². The summed E-state index contributed by atoms with van der Waals surface area (Å²) in [7, 11) is 1.72. The maximum absolute atomic E-state index is 12.1. The van der Waals surface area contributed by atoms with Crippen molar-refractivity contribution in [1.29, 1.82) is 0 Å². The first-order valence-corrected chi connectivity index (χ1v) is 7.13. The molecular weight excluding hydrogens is 256 g/mol. The van der Waals surface area contributed by atoms with E-state index >= 15 is 0 Å². The number of hydrogen-bond donors (Lipinski definition) is 2. The van der Waals surface area contributed by atoms with Crippen molar-refractivity contribution in [3.05, 3.63) is 11.8 Å². The Morgan fingerprint density at radius 1 is 1.35 bits per heavy atom. The molecule has 1 saturated carbocycles. The largest absolute Gasteiger partial charge is 0.348 e. The molecule has 2 amide bonds. The average molecular weight is 278 g/mol. The summed E-state index contributed by atoms with van der Waals surface area (Å²) in [6.07, 6.45) is 4.13. The Balaban J connectivity index is 2.03. The van der Waals surface area contributed by atoms with Crippen LogP contribution in [0.3, 0.4) is 0 Å². The number of anilines is 1. The molecular formula is C14H22N4O2. The fourth-order valence-corrected chi connectivity index (χ4v) is 2.45. The minimum absolute atomic E-state index is 0.0290. The normalized spacial score (nSPS) is 15.6. The molecule has 0 unspecified atom stereocenters. The number of nitrogens with one attached hydrogen (secondary N) is 2. The van der Waals surface area contributed by atoms with Gasteiger partial charge in [-0.1, -0.05) is 12.8 Å². The Morgan fingerprint density at radius 2 is 2.00 bits per heavy atom. The lowest BCUT2D eigenvalue weighted by Gasteiger charge is -2.09. The fraction of sp³-hybridized carbons (Fsp3) is 0.643. The molecule has 0 aromatic carbocycles. The number of carbonyl (C=O) groups is 2. The van der Waals surface area contributed by atoms with Gasteiger partial charge in [0, 0.05) is 25.1 Å². The van der Waals surface area contributed by atoms with Gasteiger partial charge in [0.05, 0.1) is 0 Å². The van der Waals surface area contributed by atoms with Crippen molar-refractivity contribution in [1.82, 2.24) is 15.1 Å². The van der Waals surface area contributed by atoms with Crippen molar-refractivity contribution in [2.45, 2.75) is 45.6 Å². The summed E-state index contributed by atoms with van der Waals surface area (Å²) in [6, 6.07) is 1.67. The Hall–Kier alpha value is -1.85. The maximum atomic E-state index is 12.1. The first-order chi connectivity index (χ1) is 9.47.